The fourth-order valence-corrected chi connectivity index (χ4v) is 3.10. The van der Waals surface area contributed by atoms with Crippen LogP contribution in [0.4, 0.5) is 16.2 Å². The van der Waals surface area contributed by atoms with E-state index in [0.29, 0.717) is 6.54 Å². The van der Waals surface area contributed by atoms with Crippen molar-refractivity contribution in [2.24, 2.45) is 10.2 Å². The molecule has 36 heavy (non-hydrogen) atoms. The highest BCUT2D eigenvalue weighted by atomic mass is 32.3. The Morgan fingerprint density at radius 1 is 1.06 bits per heavy atom. The molecule has 1 atom stereocenters. The quantitative estimate of drug-likeness (QED) is 0.274. The second-order valence-electron chi connectivity index (χ2n) is 9.58. The van der Waals surface area contributed by atoms with Gasteiger partial charge in [0.15, 0.2) is 0 Å². The second kappa shape index (κ2) is 14.0. The third-order valence-corrected chi connectivity index (χ3v) is 4.91. The molecule has 1 aromatic rings. The van der Waals surface area contributed by atoms with Gasteiger partial charge in [0, 0.05) is 59.4 Å². The van der Waals surface area contributed by atoms with Crippen molar-refractivity contribution in [1.82, 2.24) is 14.7 Å². The van der Waals surface area contributed by atoms with E-state index < -0.39 is 16.0 Å². The molecular weight excluding hydrogens is 488 g/mol. The van der Waals surface area contributed by atoms with Crippen molar-refractivity contribution in [2.45, 2.75) is 51.9 Å². The third-order valence-electron chi connectivity index (χ3n) is 4.91. The number of hydrogen-bond acceptors (Lipinski definition) is 9. The van der Waals surface area contributed by atoms with Crippen molar-refractivity contribution in [3.63, 3.8) is 0 Å². The Morgan fingerprint density at radius 2 is 1.64 bits per heavy atom. The predicted molar refractivity (Wildman–Crippen MR) is 140 cm³/mol. The number of ether oxygens (including phenoxy) is 1. The Morgan fingerprint density at radius 3 is 2.17 bits per heavy atom. The number of hydrogen-bond donors (Lipinski definition) is 2. The van der Waals surface area contributed by atoms with E-state index in [4.69, 9.17) is 22.3 Å². The average molecular weight is 529 g/mol. The molecule has 0 aromatic heterocycles. The zero-order chi connectivity index (χ0) is 27.5. The highest BCUT2D eigenvalue weighted by molar-refractivity contribution is 7.79. The summed E-state index contributed by atoms with van der Waals surface area (Å²) in [6.07, 6.45) is 6.67. The maximum absolute atomic E-state index is 12.0. The molecule has 12 nitrogen and oxygen atoms in total. The number of carbonyl (C=O) groups is 1. The molecule has 2 N–H and O–H groups in total. The largest absolute Gasteiger partial charge is 0.444 e. The summed E-state index contributed by atoms with van der Waals surface area (Å²) in [5.74, 6) is 0. The van der Waals surface area contributed by atoms with Gasteiger partial charge in [-0.1, -0.05) is 0 Å². The molecule has 2 rings (SSSR count). The van der Waals surface area contributed by atoms with E-state index in [0.717, 1.165) is 37.2 Å². The fourth-order valence-electron chi connectivity index (χ4n) is 3.10. The molecule has 13 heteroatoms. The number of anilines is 1. The summed E-state index contributed by atoms with van der Waals surface area (Å²) in [6.45, 7) is 7.22. The van der Waals surface area contributed by atoms with Crippen LogP contribution in [0.3, 0.4) is 0 Å². The van der Waals surface area contributed by atoms with E-state index in [1.807, 2.05) is 77.3 Å². The molecule has 1 aromatic carbocycles. The van der Waals surface area contributed by atoms with E-state index >= 15 is 0 Å². The van der Waals surface area contributed by atoms with E-state index in [9.17, 15) is 4.79 Å². The summed E-state index contributed by atoms with van der Waals surface area (Å²) in [4.78, 5) is 20.0. The normalized spacial score (nSPS) is 15.6. The van der Waals surface area contributed by atoms with Crippen molar-refractivity contribution < 1.29 is 27.1 Å². The van der Waals surface area contributed by atoms with Gasteiger partial charge in [-0.3, -0.25) is 9.11 Å². The van der Waals surface area contributed by atoms with Crippen LogP contribution < -0.4 is 4.90 Å². The minimum absolute atomic E-state index is 0.127. The first-order chi connectivity index (χ1) is 16.6. The van der Waals surface area contributed by atoms with Gasteiger partial charge in [-0.25, -0.2) is 4.79 Å². The predicted octanol–water partition coefficient (Wildman–Crippen LogP) is 4.22. The number of azo groups is 1. The van der Waals surface area contributed by atoms with Crippen molar-refractivity contribution in [2.75, 3.05) is 46.2 Å². The molecule has 0 aliphatic carbocycles. The van der Waals surface area contributed by atoms with Gasteiger partial charge in [-0.05, 0) is 64.3 Å². The molecule has 0 bridgehead atoms. The molecule has 0 fully saturated rings. The lowest BCUT2D eigenvalue weighted by Crippen LogP contribution is -2.35. The van der Waals surface area contributed by atoms with Crippen LogP contribution in [0.1, 0.15) is 40.0 Å². The SMILES string of the molecule is CN(CCCCCN1C=CN(C)C1/N=N/c1ccc(N(C)C)cc1)C(=O)OC(C)(C)C.O=S(=O)(O)O. The average Bonchev–Trinajstić information content (AvgIpc) is 3.09. The second-order valence-corrected chi connectivity index (χ2v) is 10.5. The van der Waals surface area contributed by atoms with Crippen LogP contribution in [0.25, 0.3) is 0 Å². The zero-order valence-corrected chi connectivity index (χ0v) is 23.0. The number of amides is 1. The van der Waals surface area contributed by atoms with Crippen LogP contribution in [0, 0.1) is 0 Å². The van der Waals surface area contributed by atoms with E-state index in [1.165, 1.54) is 0 Å². The fraction of sp³-hybridized carbons (Fsp3) is 0.609. The summed E-state index contributed by atoms with van der Waals surface area (Å²) >= 11 is 0. The van der Waals surface area contributed by atoms with Gasteiger partial charge in [0.05, 0.1) is 5.69 Å². The summed E-state index contributed by atoms with van der Waals surface area (Å²) in [5.41, 5.74) is 1.52. The number of carbonyl (C=O) groups excluding carboxylic acids is 1. The van der Waals surface area contributed by atoms with Crippen molar-refractivity contribution in [3.05, 3.63) is 36.7 Å². The Kier molecular flexibility index (Phi) is 12.1. The maximum Gasteiger partial charge on any atom is 0.410 e. The molecule has 204 valence electrons. The van der Waals surface area contributed by atoms with Crippen molar-refractivity contribution in [3.8, 4) is 0 Å². The molecule has 0 saturated heterocycles. The molecule has 1 aliphatic heterocycles. The summed E-state index contributed by atoms with van der Waals surface area (Å²) < 4.78 is 37.0. The standard InChI is InChI=1S/C23H38N6O2.H2O4S/c1-23(2,3)31-22(30)28(7)15-9-8-10-16-29-18-17-27(6)21(29)25-24-19-11-13-20(14-12-19)26(4)5;1-5(2,3)4/h11-14,17-18,21H,8-10,15-16H2,1-7H3;(H2,1,2,3,4)/b25-24+;. The topological polar surface area (TPSA) is 139 Å². The molecule has 0 radical (unpaired) electrons. The first-order valence-electron chi connectivity index (χ1n) is 11.5. The first-order valence-corrected chi connectivity index (χ1v) is 12.9. The molecule has 1 aliphatic rings. The van der Waals surface area contributed by atoms with Crippen LogP contribution in [0.2, 0.25) is 0 Å². The van der Waals surface area contributed by atoms with Gasteiger partial charge in [0.1, 0.15) is 5.60 Å². The zero-order valence-electron chi connectivity index (χ0n) is 22.2. The minimum atomic E-state index is -4.67. The highest BCUT2D eigenvalue weighted by Crippen LogP contribution is 2.22. The lowest BCUT2D eigenvalue weighted by molar-refractivity contribution is 0.0295. The number of unbranched alkanes of at least 4 members (excludes halogenated alkanes) is 2. The van der Waals surface area contributed by atoms with Crippen LogP contribution in [0.5, 0.6) is 0 Å². The number of nitrogens with zero attached hydrogens (tertiary/aromatic N) is 6. The summed E-state index contributed by atoms with van der Waals surface area (Å²) in [6, 6.07) is 8.04. The van der Waals surface area contributed by atoms with Gasteiger partial charge in [0.25, 0.3) is 0 Å². The first kappa shape index (κ1) is 31.1. The lowest BCUT2D eigenvalue weighted by atomic mass is 10.2. The number of benzene rings is 1. The highest BCUT2D eigenvalue weighted by Gasteiger charge is 2.23. The van der Waals surface area contributed by atoms with Crippen LogP contribution in [-0.2, 0) is 15.1 Å². The molecule has 0 saturated carbocycles. The van der Waals surface area contributed by atoms with Gasteiger partial charge in [-0.2, -0.15) is 13.5 Å². The Bertz CT molecular complexity index is 968. The van der Waals surface area contributed by atoms with E-state index in [-0.39, 0.29) is 12.4 Å². The summed E-state index contributed by atoms with van der Waals surface area (Å²) in [5, 5.41) is 8.98. The summed E-state index contributed by atoms with van der Waals surface area (Å²) in [7, 11) is 3.16. The lowest BCUT2D eigenvalue weighted by Gasteiger charge is -2.26. The molecule has 1 unspecified atom stereocenters. The van der Waals surface area contributed by atoms with Gasteiger partial charge in [-0.15, -0.1) is 5.11 Å². The van der Waals surface area contributed by atoms with E-state index in [1.54, 1.807) is 11.9 Å². The Hall–Kier alpha value is -2.90. The third kappa shape index (κ3) is 13.3. The molecule has 1 heterocycles. The van der Waals surface area contributed by atoms with Gasteiger partial charge < -0.3 is 24.3 Å². The van der Waals surface area contributed by atoms with Crippen molar-refractivity contribution in [1.29, 1.82) is 0 Å². The van der Waals surface area contributed by atoms with E-state index in [2.05, 4.69) is 26.2 Å². The molecular formula is C23H40N6O6S. The van der Waals surface area contributed by atoms with Crippen LogP contribution in [-0.4, -0.2) is 91.5 Å². The molecule has 1 amide bonds. The Labute approximate surface area is 214 Å². The van der Waals surface area contributed by atoms with Crippen molar-refractivity contribution >= 4 is 27.9 Å². The number of rotatable bonds is 9. The smallest absolute Gasteiger partial charge is 0.410 e. The Balaban J connectivity index is 0.00000118. The monoisotopic (exact) mass is 528 g/mol. The van der Waals surface area contributed by atoms with Gasteiger partial charge >= 0.3 is 16.5 Å². The van der Waals surface area contributed by atoms with Gasteiger partial charge in [0.2, 0.25) is 6.29 Å². The minimum Gasteiger partial charge on any atom is -0.444 e. The van der Waals surface area contributed by atoms with Crippen LogP contribution in [0.15, 0.2) is 46.9 Å². The molecule has 0 spiro atoms. The van der Waals surface area contributed by atoms with Crippen LogP contribution >= 0.6 is 0 Å². The maximum atomic E-state index is 12.0.